The molecule has 0 spiro atoms. The normalized spacial score (nSPS) is 15.5. The van der Waals surface area contributed by atoms with Crippen LogP contribution in [0.5, 0.6) is 0 Å². The minimum absolute atomic E-state index is 0.0967. The zero-order valence-electron chi connectivity index (χ0n) is 11.5. The summed E-state index contributed by atoms with van der Waals surface area (Å²) in [6.45, 7) is 6.79. The highest BCUT2D eigenvalue weighted by Gasteiger charge is 2.26. The number of nitrogens with one attached hydrogen (secondary N) is 1. The Balaban J connectivity index is 2.99. The molecule has 1 aromatic carbocycles. The van der Waals surface area contributed by atoms with Gasteiger partial charge in [0, 0.05) is 6.04 Å². The van der Waals surface area contributed by atoms with Crippen LogP contribution in [0.4, 0.5) is 4.39 Å². The summed E-state index contributed by atoms with van der Waals surface area (Å²) in [6, 6.07) is 3.23. The first-order valence-electron chi connectivity index (χ1n) is 6.11. The third-order valence-electron chi connectivity index (χ3n) is 2.91. The third-order valence-corrected chi connectivity index (χ3v) is 4.51. The third kappa shape index (κ3) is 3.99. The molecule has 2 unspecified atom stereocenters. The van der Waals surface area contributed by atoms with Crippen molar-refractivity contribution in [3.63, 3.8) is 0 Å². The van der Waals surface area contributed by atoms with Crippen molar-refractivity contribution >= 4 is 10.0 Å². The first-order chi connectivity index (χ1) is 8.65. The smallest absolute Gasteiger partial charge is 0.243 e. The van der Waals surface area contributed by atoms with E-state index in [1.807, 2.05) is 0 Å². The summed E-state index contributed by atoms with van der Waals surface area (Å²) < 4.78 is 40.0. The van der Waals surface area contributed by atoms with Gasteiger partial charge in [-0.2, -0.15) is 0 Å². The summed E-state index contributed by atoms with van der Waals surface area (Å²) in [6.07, 6.45) is -0.830. The van der Waals surface area contributed by atoms with Crippen molar-refractivity contribution in [3.8, 4) is 0 Å². The van der Waals surface area contributed by atoms with E-state index in [1.54, 1.807) is 27.7 Å². The van der Waals surface area contributed by atoms with E-state index in [1.165, 1.54) is 12.1 Å². The van der Waals surface area contributed by atoms with Crippen LogP contribution >= 0.6 is 0 Å². The SMILES string of the molecule is Cc1ccc(S(=O)(=O)NC(C)C(O)C(C)C)c(F)c1. The number of hydrogen-bond acceptors (Lipinski definition) is 3. The standard InChI is InChI=1S/C13H20FNO3S/c1-8(2)13(16)10(4)15-19(17,18)12-6-5-9(3)7-11(12)14/h5-8,10,13,15-16H,1-4H3. The highest BCUT2D eigenvalue weighted by molar-refractivity contribution is 7.89. The van der Waals surface area contributed by atoms with Crippen LogP contribution in [0.3, 0.4) is 0 Å². The van der Waals surface area contributed by atoms with Gasteiger partial charge in [-0.05, 0) is 37.5 Å². The number of sulfonamides is 1. The summed E-state index contributed by atoms with van der Waals surface area (Å²) in [5, 5.41) is 9.80. The molecule has 0 aromatic heterocycles. The van der Waals surface area contributed by atoms with Gasteiger partial charge in [0.05, 0.1) is 6.10 Å². The fourth-order valence-corrected chi connectivity index (χ4v) is 3.10. The molecule has 1 aromatic rings. The lowest BCUT2D eigenvalue weighted by Gasteiger charge is -2.23. The molecule has 108 valence electrons. The molecule has 0 aliphatic heterocycles. The molecular weight excluding hydrogens is 269 g/mol. The van der Waals surface area contributed by atoms with E-state index in [2.05, 4.69) is 4.72 Å². The second-order valence-electron chi connectivity index (χ2n) is 5.08. The minimum Gasteiger partial charge on any atom is -0.391 e. The second kappa shape index (κ2) is 5.98. The van der Waals surface area contributed by atoms with Gasteiger partial charge >= 0.3 is 0 Å². The van der Waals surface area contributed by atoms with Crippen LogP contribution in [0.1, 0.15) is 26.3 Å². The molecule has 6 heteroatoms. The van der Waals surface area contributed by atoms with Crippen LogP contribution in [0.15, 0.2) is 23.1 Å². The Morgan fingerprint density at radius 1 is 1.26 bits per heavy atom. The molecule has 0 bridgehead atoms. The number of benzene rings is 1. The Morgan fingerprint density at radius 3 is 2.32 bits per heavy atom. The zero-order chi connectivity index (χ0) is 14.8. The van der Waals surface area contributed by atoms with E-state index in [4.69, 9.17) is 0 Å². The summed E-state index contributed by atoms with van der Waals surface area (Å²) in [5.41, 5.74) is 0.645. The van der Waals surface area contributed by atoms with Crippen molar-refractivity contribution in [2.45, 2.75) is 44.7 Å². The molecular formula is C13H20FNO3S. The molecule has 0 saturated heterocycles. The Morgan fingerprint density at radius 2 is 1.84 bits per heavy atom. The van der Waals surface area contributed by atoms with Gasteiger partial charge in [-0.3, -0.25) is 0 Å². The van der Waals surface area contributed by atoms with Crippen molar-refractivity contribution in [1.29, 1.82) is 0 Å². The molecule has 0 radical (unpaired) electrons. The lowest BCUT2D eigenvalue weighted by Crippen LogP contribution is -2.43. The molecule has 4 nitrogen and oxygen atoms in total. The molecule has 0 amide bonds. The van der Waals surface area contributed by atoms with Gasteiger partial charge in [-0.25, -0.2) is 17.5 Å². The number of halogens is 1. The van der Waals surface area contributed by atoms with Crippen molar-refractivity contribution in [1.82, 2.24) is 4.72 Å². The molecule has 0 aliphatic carbocycles. The number of aliphatic hydroxyl groups excluding tert-OH is 1. The van der Waals surface area contributed by atoms with Gasteiger partial charge in [-0.15, -0.1) is 0 Å². The molecule has 2 N–H and O–H groups in total. The highest BCUT2D eigenvalue weighted by atomic mass is 32.2. The maximum Gasteiger partial charge on any atom is 0.243 e. The van der Waals surface area contributed by atoms with E-state index in [0.717, 1.165) is 6.07 Å². The van der Waals surface area contributed by atoms with E-state index >= 15 is 0 Å². The predicted octanol–water partition coefficient (Wildman–Crippen LogP) is 1.82. The topological polar surface area (TPSA) is 66.4 Å². The van der Waals surface area contributed by atoms with E-state index in [9.17, 15) is 17.9 Å². The second-order valence-corrected chi connectivity index (χ2v) is 6.76. The maximum atomic E-state index is 13.7. The Bertz CT molecular complexity index is 543. The largest absolute Gasteiger partial charge is 0.391 e. The monoisotopic (exact) mass is 289 g/mol. The van der Waals surface area contributed by atoms with Crippen molar-refractivity contribution in [2.24, 2.45) is 5.92 Å². The van der Waals surface area contributed by atoms with Crippen molar-refractivity contribution in [2.75, 3.05) is 0 Å². The molecule has 0 fully saturated rings. The minimum atomic E-state index is -3.97. The quantitative estimate of drug-likeness (QED) is 0.869. The van der Waals surface area contributed by atoms with E-state index in [0.29, 0.717) is 5.56 Å². The molecule has 0 aliphatic rings. The average molecular weight is 289 g/mol. The van der Waals surface area contributed by atoms with Crippen LogP contribution < -0.4 is 4.72 Å². The summed E-state index contributed by atoms with van der Waals surface area (Å²) in [7, 11) is -3.97. The van der Waals surface area contributed by atoms with E-state index < -0.39 is 32.9 Å². The van der Waals surface area contributed by atoms with Crippen molar-refractivity contribution < 1.29 is 17.9 Å². The number of hydrogen-bond donors (Lipinski definition) is 2. The van der Waals surface area contributed by atoms with Crippen LogP contribution in [-0.2, 0) is 10.0 Å². The van der Waals surface area contributed by atoms with Gasteiger partial charge in [0.1, 0.15) is 10.7 Å². The maximum absolute atomic E-state index is 13.7. The van der Waals surface area contributed by atoms with Crippen LogP contribution in [0.2, 0.25) is 0 Å². The lowest BCUT2D eigenvalue weighted by molar-refractivity contribution is 0.0980. The summed E-state index contributed by atoms with van der Waals surface area (Å²) in [4.78, 5) is -0.402. The van der Waals surface area contributed by atoms with Gasteiger partial charge in [0.2, 0.25) is 10.0 Å². The molecule has 2 atom stereocenters. The number of rotatable bonds is 5. The number of aryl methyl sites for hydroxylation is 1. The predicted molar refractivity (Wildman–Crippen MR) is 71.8 cm³/mol. The molecule has 19 heavy (non-hydrogen) atoms. The Kier molecular flexibility index (Phi) is 5.06. The molecule has 0 saturated carbocycles. The highest BCUT2D eigenvalue weighted by Crippen LogP contribution is 2.17. The summed E-state index contributed by atoms with van der Waals surface area (Å²) >= 11 is 0. The first kappa shape index (κ1) is 16.1. The van der Waals surface area contributed by atoms with E-state index in [-0.39, 0.29) is 5.92 Å². The lowest BCUT2D eigenvalue weighted by atomic mass is 10.0. The first-order valence-corrected chi connectivity index (χ1v) is 7.60. The van der Waals surface area contributed by atoms with Crippen LogP contribution in [0, 0.1) is 18.7 Å². The van der Waals surface area contributed by atoms with Gasteiger partial charge in [-0.1, -0.05) is 19.9 Å². The Labute approximate surface area is 113 Å². The fraction of sp³-hybridized carbons (Fsp3) is 0.538. The van der Waals surface area contributed by atoms with Gasteiger partial charge in [0.25, 0.3) is 0 Å². The Hall–Kier alpha value is -0.980. The van der Waals surface area contributed by atoms with Crippen molar-refractivity contribution in [3.05, 3.63) is 29.6 Å². The average Bonchev–Trinajstić information content (AvgIpc) is 2.26. The summed E-state index contributed by atoms with van der Waals surface area (Å²) in [5.74, 6) is -0.890. The molecule has 0 heterocycles. The van der Waals surface area contributed by atoms with Crippen LogP contribution in [-0.4, -0.2) is 25.7 Å². The van der Waals surface area contributed by atoms with Crippen LogP contribution in [0.25, 0.3) is 0 Å². The number of aliphatic hydroxyl groups is 1. The van der Waals surface area contributed by atoms with Gasteiger partial charge < -0.3 is 5.11 Å². The fourth-order valence-electron chi connectivity index (χ4n) is 1.78. The zero-order valence-corrected chi connectivity index (χ0v) is 12.3. The molecule has 1 rings (SSSR count). The van der Waals surface area contributed by atoms with Gasteiger partial charge in [0.15, 0.2) is 0 Å².